The maximum atomic E-state index is 12.9. The van der Waals surface area contributed by atoms with Crippen molar-refractivity contribution < 1.29 is 9.18 Å². The molecule has 1 N–H and O–H groups in total. The summed E-state index contributed by atoms with van der Waals surface area (Å²) >= 11 is 6.23. The molecule has 0 aromatic heterocycles. The number of nitrogens with zero attached hydrogens (tertiary/aromatic N) is 2. The Labute approximate surface area is 182 Å². The number of rotatable bonds is 6. The van der Waals surface area contributed by atoms with E-state index in [0.717, 1.165) is 49.9 Å². The van der Waals surface area contributed by atoms with Gasteiger partial charge < -0.3 is 5.32 Å². The molecular weight excluding hydrogens is 424 g/mol. The Morgan fingerprint density at radius 1 is 0.964 bits per heavy atom. The molecule has 8 heteroatoms. The number of benzene rings is 2. The van der Waals surface area contributed by atoms with Gasteiger partial charge in [0.25, 0.3) is 5.91 Å². The van der Waals surface area contributed by atoms with Crippen LogP contribution in [0, 0.1) is 5.82 Å². The molecule has 0 radical (unpaired) electrons. The van der Waals surface area contributed by atoms with Gasteiger partial charge in [0.05, 0.1) is 0 Å². The molecule has 28 heavy (non-hydrogen) atoms. The van der Waals surface area contributed by atoms with Gasteiger partial charge in [-0.15, -0.1) is 24.8 Å². The fourth-order valence-electron chi connectivity index (χ4n) is 3.07. The molecule has 3 rings (SSSR count). The molecule has 0 atom stereocenters. The van der Waals surface area contributed by atoms with Crippen molar-refractivity contribution in [2.45, 2.75) is 6.54 Å². The topological polar surface area (TPSA) is 35.6 Å². The highest BCUT2D eigenvalue weighted by atomic mass is 35.5. The van der Waals surface area contributed by atoms with Gasteiger partial charge in [0, 0.05) is 56.4 Å². The number of hydrogen-bond acceptors (Lipinski definition) is 3. The lowest BCUT2D eigenvalue weighted by atomic mass is 10.2. The van der Waals surface area contributed by atoms with E-state index in [4.69, 9.17) is 11.6 Å². The number of nitrogens with one attached hydrogen (secondary N) is 1. The van der Waals surface area contributed by atoms with Crippen molar-refractivity contribution in [3.05, 3.63) is 70.5 Å². The standard InChI is InChI=1S/C20H23ClFN3O.2ClH/c21-19-4-2-1-3-17(19)15-25-13-11-24(12-14-25)10-9-23-20(26)16-5-7-18(22)8-6-16;;/h1-8H,9-15H2,(H,23,26);2*1H. The van der Waals surface area contributed by atoms with Crippen LogP contribution in [0.3, 0.4) is 0 Å². The predicted octanol–water partition coefficient (Wildman–Crippen LogP) is 3.87. The third kappa shape index (κ3) is 7.22. The molecule has 0 unspecified atom stereocenters. The van der Waals surface area contributed by atoms with Crippen LogP contribution >= 0.6 is 36.4 Å². The number of carbonyl (C=O) groups excluding carboxylic acids is 1. The lowest BCUT2D eigenvalue weighted by Crippen LogP contribution is -2.48. The highest BCUT2D eigenvalue weighted by molar-refractivity contribution is 6.31. The average Bonchev–Trinajstić information content (AvgIpc) is 2.65. The molecule has 1 amide bonds. The van der Waals surface area contributed by atoms with Crippen molar-refractivity contribution in [2.24, 2.45) is 0 Å². The van der Waals surface area contributed by atoms with E-state index >= 15 is 0 Å². The Morgan fingerprint density at radius 3 is 2.21 bits per heavy atom. The Balaban J connectivity index is 0.00000196. The quantitative estimate of drug-likeness (QED) is 0.729. The van der Waals surface area contributed by atoms with Gasteiger partial charge in [-0.05, 0) is 35.9 Å². The molecule has 0 saturated carbocycles. The van der Waals surface area contributed by atoms with Crippen LogP contribution in [0.4, 0.5) is 4.39 Å². The average molecular weight is 449 g/mol. The largest absolute Gasteiger partial charge is 0.351 e. The van der Waals surface area contributed by atoms with Gasteiger partial charge in [0.1, 0.15) is 5.82 Å². The van der Waals surface area contributed by atoms with E-state index in [1.54, 1.807) is 0 Å². The summed E-state index contributed by atoms with van der Waals surface area (Å²) in [7, 11) is 0. The first-order chi connectivity index (χ1) is 12.6. The second-order valence-corrected chi connectivity index (χ2v) is 6.88. The fourth-order valence-corrected chi connectivity index (χ4v) is 3.26. The second-order valence-electron chi connectivity index (χ2n) is 6.47. The Kier molecular flexibility index (Phi) is 10.8. The van der Waals surface area contributed by atoms with Crippen molar-refractivity contribution in [1.29, 1.82) is 0 Å². The zero-order valence-corrected chi connectivity index (χ0v) is 17.8. The lowest BCUT2D eigenvalue weighted by Gasteiger charge is -2.34. The zero-order valence-electron chi connectivity index (χ0n) is 15.4. The molecule has 0 spiro atoms. The maximum Gasteiger partial charge on any atom is 0.251 e. The number of halogens is 4. The molecule has 2 aromatic rings. The van der Waals surface area contributed by atoms with E-state index < -0.39 is 0 Å². The summed E-state index contributed by atoms with van der Waals surface area (Å²) in [6.07, 6.45) is 0. The van der Waals surface area contributed by atoms with Crippen molar-refractivity contribution in [2.75, 3.05) is 39.3 Å². The van der Waals surface area contributed by atoms with Crippen molar-refractivity contribution in [3.63, 3.8) is 0 Å². The highest BCUT2D eigenvalue weighted by Gasteiger charge is 2.17. The van der Waals surface area contributed by atoms with Crippen molar-refractivity contribution >= 4 is 42.3 Å². The Morgan fingerprint density at radius 2 is 1.57 bits per heavy atom. The van der Waals surface area contributed by atoms with Crippen LogP contribution in [0.25, 0.3) is 0 Å². The minimum Gasteiger partial charge on any atom is -0.351 e. The van der Waals surface area contributed by atoms with E-state index in [9.17, 15) is 9.18 Å². The molecular formula is C20H25Cl3FN3O. The van der Waals surface area contributed by atoms with Crippen LogP contribution in [-0.4, -0.2) is 55.0 Å². The lowest BCUT2D eigenvalue weighted by molar-refractivity contribution is 0.0934. The van der Waals surface area contributed by atoms with E-state index in [2.05, 4.69) is 21.2 Å². The SMILES string of the molecule is Cl.Cl.O=C(NCCN1CCN(Cc2ccccc2Cl)CC1)c1ccc(F)cc1. The Bertz CT molecular complexity index is 738. The van der Waals surface area contributed by atoms with Crippen LogP contribution in [-0.2, 0) is 6.54 Å². The monoisotopic (exact) mass is 447 g/mol. The zero-order chi connectivity index (χ0) is 18.4. The highest BCUT2D eigenvalue weighted by Crippen LogP contribution is 2.17. The minimum atomic E-state index is -0.337. The molecule has 1 aliphatic rings. The predicted molar refractivity (Wildman–Crippen MR) is 116 cm³/mol. The first-order valence-electron chi connectivity index (χ1n) is 8.84. The van der Waals surface area contributed by atoms with Gasteiger partial charge in [-0.25, -0.2) is 4.39 Å². The van der Waals surface area contributed by atoms with Crippen LogP contribution < -0.4 is 5.32 Å². The van der Waals surface area contributed by atoms with Crippen LogP contribution in [0.2, 0.25) is 5.02 Å². The summed E-state index contributed by atoms with van der Waals surface area (Å²) in [5.74, 6) is -0.501. The van der Waals surface area contributed by atoms with Gasteiger partial charge in [-0.1, -0.05) is 29.8 Å². The molecule has 154 valence electrons. The first kappa shape index (κ1) is 24.7. The maximum absolute atomic E-state index is 12.9. The Hall–Kier alpha value is -1.37. The smallest absolute Gasteiger partial charge is 0.251 e. The third-order valence-electron chi connectivity index (χ3n) is 4.64. The summed E-state index contributed by atoms with van der Waals surface area (Å²) in [6, 6.07) is 13.6. The summed E-state index contributed by atoms with van der Waals surface area (Å²) in [4.78, 5) is 16.8. The van der Waals surface area contributed by atoms with Gasteiger partial charge >= 0.3 is 0 Å². The fraction of sp³-hybridized carbons (Fsp3) is 0.350. The number of piperazine rings is 1. The number of hydrogen-bond donors (Lipinski definition) is 1. The van der Waals surface area contributed by atoms with E-state index in [-0.39, 0.29) is 36.5 Å². The summed E-state index contributed by atoms with van der Waals surface area (Å²) in [5.41, 5.74) is 1.64. The molecule has 0 bridgehead atoms. The van der Waals surface area contributed by atoms with E-state index in [1.807, 2.05) is 18.2 Å². The molecule has 2 aromatic carbocycles. The second kappa shape index (κ2) is 12.2. The molecule has 1 aliphatic heterocycles. The number of amides is 1. The summed E-state index contributed by atoms with van der Waals surface area (Å²) in [5, 5.41) is 3.71. The molecule has 0 aliphatic carbocycles. The molecule has 1 heterocycles. The molecule has 4 nitrogen and oxygen atoms in total. The normalized spacial score (nSPS) is 14.6. The number of carbonyl (C=O) groups is 1. The van der Waals surface area contributed by atoms with Crippen LogP contribution in [0.15, 0.2) is 48.5 Å². The van der Waals surface area contributed by atoms with E-state index in [1.165, 1.54) is 24.3 Å². The van der Waals surface area contributed by atoms with Gasteiger partial charge in [0.15, 0.2) is 0 Å². The summed E-state index contributed by atoms with van der Waals surface area (Å²) < 4.78 is 12.9. The van der Waals surface area contributed by atoms with Crippen LogP contribution in [0.1, 0.15) is 15.9 Å². The first-order valence-corrected chi connectivity index (χ1v) is 9.21. The summed E-state index contributed by atoms with van der Waals surface area (Å²) in [6.45, 7) is 6.17. The molecule has 1 fully saturated rings. The van der Waals surface area contributed by atoms with Gasteiger partial charge in [-0.3, -0.25) is 14.6 Å². The van der Waals surface area contributed by atoms with Crippen LogP contribution in [0.5, 0.6) is 0 Å². The van der Waals surface area contributed by atoms with Gasteiger partial charge in [0.2, 0.25) is 0 Å². The van der Waals surface area contributed by atoms with Crippen molar-refractivity contribution in [3.8, 4) is 0 Å². The van der Waals surface area contributed by atoms with E-state index in [0.29, 0.717) is 12.1 Å². The third-order valence-corrected chi connectivity index (χ3v) is 5.01. The van der Waals surface area contributed by atoms with Gasteiger partial charge in [-0.2, -0.15) is 0 Å². The minimum absolute atomic E-state index is 0. The van der Waals surface area contributed by atoms with Crippen molar-refractivity contribution in [1.82, 2.24) is 15.1 Å². The molecule has 1 saturated heterocycles.